The Labute approximate surface area is 301 Å². The Hall–Kier alpha value is -4.49. The van der Waals surface area contributed by atoms with Crippen molar-refractivity contribution in [2.45, 2.75) is 105 Å². The second-order valence-electron chi connectivity index (χ2n) is 15.7. The van der Waals surface area contributed by atoms with Crippen molar-refractivity contribution in [1.29, 1.82) is 0 Å². The Morgan fingerprint density at radius 1 is 0.941 bits per heavy atom. The van der Waals surface area contributed by atoms with Gasteiger partial charge >= 0.3 is 6.03 Å². The maximum absolute atomic E-state index is 14.1. The van der Waals surface area contributed by atoms with Crippen molar-refractivity contribution in [3.8, 4) is 0 Å². The van der Waals surface area contributed by atoms with Gasteiger partial charge in [0, 0.05) is 26.7 Å². The van der Waals surface area contributed by atoms with Crippen LogP contribution in [0.15, 0.2) is 30.3 Å². The second kappa shape index (κ2) is 16.7. The minimum atomic E-state index is -1.20. The van der Waals surface area contributed by atoms with Crippen LogP contribution in [0.5, 0.6) is 0 Å². The minimum Gasteiger partial charge on any atom is -0.347 e. The van der Waals surface area contributed by atoms with Gasteiger partial charge in [-0.1, -0.05) is 85.2 Å². The van der Waals surface area contributed by atoms with E-state index in [2.05, 4.69) is 26.6 Å². The van der Waals surface area contributed by atoms with E-state index in [1.807, 2.05) is 48.5 Å². The molecule has 2 fully saturated rings. The monoisotopic (exact) mass is 711 g/mol. The molecule has 51 heavy (non-hydrogen) atoms. The summed E-state index contributed by atoms with van der Waals surface area (Å²) in [6.07, 6.45) is 1.32. The molecule has 14 nitrogen and oxygen atoms in total. The van der Waals surface area contributed by atoms with Gasteiger partial charge in [-0.2, -0.15) is 0 Å². The molecule has 7 atom stereocenters. The Balaban J connectivity index is 1.73. The molecular formula is C37H57N7O7. The van der Waals surface area contributed by atoms with Gasteiger partial charge in [-0.05, 0) is 48.0 Å². The quantitative estimate of drug-likeness (QED) is 0.172. The van der Waals surface area contributed by atoms with E-state index in [9.17, 15) is 33.6 Å². The summed E-state index contributed by atoms with van der Waals surface area (Å²) >= 11 is 0. The molecule has 282 valence electrons. The Morgan fingerprint density at radius 2 is 1.57 bits per heavy atom. The third-order valence-corrected chi connectivity index (χ3v) is 10.1. The molecule has 3 rings (SSSR count). The lowest BCUT2D eigenvalue weighted by molar-refractivity contribution is -0.145. The number of amides is 7. The molecule has 1 aromatic rings. The molecule has 6 unspecified atom stereocenters. The van der Waals surface area contributed by atoms with Crippen molar-refractivity contribution >= 4 is 41.4 Å². The number of hydrogen-bond acceptors (Lipinski definition) is 7. The maximum atomic E-state index is 14.1. The van der Waals surface area contributed by atoms with E-state index >= 15 is 0 Å². The number of likely N-dealkylation sites (tertiary alicyclic amines) is 1. The van der Waals surface area contributed by atoms with Crippen molar-refractivity contribution in [3.05, 3.63) is 35.9 Å². The summed E-state index contributed by atoms with van der Waals surface area (Å²) < 4.78 is 0. The van der Waals surface area contributed by atoms with Crippen LogP contribution in [0, 0.1) is 22.7 Å². The zero-order chi connectivity index (χ0) is 38.4. The number of carbonyl (C=O) groups is 7. The van der Waals surface area contributed by atoms with Crippen LogP contribution in [0.25, 0.3) is 0 Å². The van der Waals surface area contributed by atoms with E-state index in [0.29, 0.717) is 24.9 Å². The fourth-order valence-corrected chi connectivity index (χ4v) is 6.75. The minimum absolute atomic E-state index is 0.0491. The zero-order valence-electron chi connectivity index (χ0n) is 31.7. The second-order valence-corrected chi connectivity index (χ2v) is 15.7. The van der Waals surface area contributed by atoms with Crippen LogP contribution in [0.2, 0.25) is 0 Å². The molecule has 1 aliphatic heterocycles. The average molecular weight is 712 g/mol. The van der Waals surface area contributed by atoms with E-state index in [0.717, 1.165) is 0 Å². The first kappa shape index (κ1) is 40.9. The summed E-state index contributed by atoms with van der Waals surface area (Å²) in [7, 11) is 3.12. The summed E-state index contributed by atoms with van der Waals surface area (Å²) in [4.78, 5) is 95.9. The number of nitrogens with zero attached hydrogens (tertiary/aromatic N) is 2. The molecule has 14 heteroatoms. The highest BCUT2D eigenvalue weighted by atomic mass is 16.2. The molecule has 0 spiro atoms. The summed E-state index contributed by atoms with van der Waals surface area (Å²) in [6.45, 7) is 14.9. The number of hydrogen-bond donors (Lipinski definition) is 5. The number of urea groups is 1. The molecule has 0 radical (unpaired) electrons. The lowest BCUT2D eigenvalue weighted by Gasteiger charge is -2.38. The van der Waals surface area contributed by atoms with E-state index in [1.54, 1.807) is 51.4 Å². The number of likely N-dealkylation sites (N-methyl/N-ethyl adjacent to an activating group) is 1. The third kappa shape index (κ3) is 9.85. The number of benzene rings is 1. The van der Waals surface area contributed by atoms with E-state index in [4.69, 9.17) is 0 Å². The molecule has 1 heterocycles. The number of nitrogens with one attached hydrogen (secondary N) is 5. The van der Waals surface area contributed by atoms with Gasteiger partial charge in [-0.3, -0.25) is 28.8 Å². The smallest absolute Gasteiger partial charge is 0.315 e. The van der Waals surface area contributed by atoms with Gasteiger partial charge in [0.15, 0.2) is 0 Å². The van der Waals surface area contributed by atoms with Crippen LogP contribution in [-0.2, 0) is 28.8 Å². The Morgan fingerprint density at radius 3 is 2.12 bits per heavy atom. The SMILES string of the molecule is CCCC(NC(=O)[C@@H]1C2C(CN1C(=O)C(NC(=O)NC(C)CC)C(C)(C)C)C2(C)C)C(=O)C(=O)NCC(=O)NC(C(=O)N(C)C)c1ccccc1. The maximum Gasteiger partial charge on any atom is 0.315 e. The third-order valence-electron chi connectivity index (χ3n) is 10.1. The fourth-order valence-electron chi connectivity index (χ4n) is 6.75. The van der Waals surface area contributed by atoms with Gasteiger partial charge in [0.05, 0.1) is 12.6 Å². The molecule has 7 amide bonds. The van der Waals surface area contributed by atoms with Gasteiger partial charge in [0.1, 0.15) is 18.1 Å². The van der Waals surface area contributed by atoms with Crippen molar-refractivity contribution in [3.63, 3.8) is 0 Å². The topological polar surface area (TPSA) is 186 Å². The number of carbonyl (C=O) groups excluding carboxylic acids is 7. The van der Waals surface area contributed by atoms with Crippen LogP contribution in [-0.4, -0.2) is 103 Å². The first-order chi connectivity index (χ1) is 23.8. The molecule has 1 aromatic carbocycles. The number of ketones is 1. The zero-order valence-corrected chi connectivity index (χ0v) is 31.7. The molecule has 2 aliphatic rings. The Bertz CT molecular complexity index is 1470. The summed E-state index contributed by atoms with van der Waals surface area (Å²) in [6, 6.07) is 4.02. The summed E-state index contributed by atoms with van der Waals surface area (Å²) in [5.74, 6) is -4.12. The normalized spacial score (nSPS) is 21.1. The highest BCUT2D eigenvalue weighted by Gasteiger charge is 2.70. The molecule has 0 aromatic heterocycles. The lowest BCUT2D eigenvalue weighted by atomic mass is 9.85. The fraction of sp³-hybridized carbons (Fsp3) is 0.649. The van der Waals surface area contributed by atoms with Crippen molar-refractivity contribution in [1.82, 2.24) is 36.4 Å². The average Bonchev–Trinajstić information content (AvgIpc) is 3.37. The number of rotatable bonds is 15. The van der Waals surface area contributed by atoms with Crippen LogP contribution in [0.1, 0.15) is 86.3 Å². The standard InChI is InChI=1S/C37H57N7O7/c1-11-16-24(29(46)32(48)38-19-25(45)41-27(33(49)43(9)10)22-17-14-13-15-18-22)40-31(47)28-26-23(37(26,7)8)20-44(28)34(50)30(36(4,5)6)42-35(51)39-21(3)12-2/h13-15,17-18,21,23-24,26-28,30H,11-12,16,19-20H2,1-10H3,(H,38,48)(H,40,47)(H,41,45)(H2,39,42,51)/t21?,23?,24?,26?,27?,28-,30?/m0/s1. The summed E-state index contributed by atoms with van der Waals surface area (Å²) in [5, 5.41) is 13.3. The van der Waals surface area contributed by atoms with E-state index < -0.39 is 71.6 Å². The lowest BCUT2D eigenvalue weighted by Crippen LogP contribution is -2.61. The molecule has 5 N–H and O–H groups in total. The number of Topliss-reactive ketones (excluding diaryl/α,β-unsaturated/α-hetero) is 1. The van der Waals surface area contributed by atoms with Gasteiger partial charge < -0.3 is 36.4 Å². The summed E-state index contributed by atoms with van der Waals surface area (Å²) in [5.41, 5.74) is -0.353. The number of piperidine rings is 1. The van der Waals surface area contributed by atoms with Crippen LogP contribution >= 0.6 is 0 Å². The first-order valence-electron chi connectivity index (χ1n) is 17.8. The largest absolute Gasteiger partial charge is 0.347 e. The van der Waals surface area contributed by atoms with Crippen molar-refractivity contribution in [2.75, 3.05) is 27.2 Å². The van der Waals surface area contributed by atoms with Crippen LogP contribution in [0.3, 0.4) is 0 Å². The predicted octanol–water partition coefficient (Wildman–Crippen LogP) is 1.90. The van der Waals surface area contributed by atoms with Gasteiger partial charge in [0.25, 0.3) is 5.91 Å². The van der Waals surface area contributed by atoms with E-state index in [-0.39, 0.29) is 35.6 Å². The molecule has 0 bridgehead atoms. The predicted molar refractivity (Wildman–Crippen MR) is 192 cm³/mol. The molecule has 1 aliphatic carbocycles. The van der Waals surface area contributed by atoms with Crippen molar-refractivity contribution in [2.24, 2.45) is 22.7 Å². The van der Waals surface area contributed by atoms with Gasteiger partial charge in [-0.25, -0.2) is 4.79 Å². The molecular weight excluding hydrogens is 654 g/mol. The highest BCUT2D eigenvalue weighted by Crippen LogP contribution is 2.65. The van der Waals surface area contributed by atoms with Gasteiger partial charge in [0.2, 0.25) is 29.4 Å². The highest BCUT2D eigenvalue weighted by molar-refractivity contribution is 6.38. The molecule has 1 saturated carbocycles. The van der Waals surface area contributed by atoms with Gasteiger partial charge in [-0.15, -0.1) is 0 Å². The van der Waals surface area contributed by atoms with Crippen LogP contribution < -0.4 is 26.6 Å². The Kier molecular flexibility index (Phi) is 13.4. The number of fused-ring (bicyclic) bond motifs is 1. The first-order valence-corrected chi connectivity index (χ1v) is 17.8. The van der Waals surface area contributed by atoms with Crippen molar-refractivity contribution < 1.29 is 33.6 Å². The van der Waals surface area contributed by atoms with E-state index in [1.165, 1.54) is 9.80 Å². The van der Waals surface area contributed by atoms with Crippen LogP contribution in [0.4, 0.5) is 4.79 Å². The molecule has 1 saturated heterocycles.